The topological polar surface area (TPSA) is 188 Å². The number of hydrogen-bond donors (Lipinski definition) is 4. The molecule has 15 heteroatoms. The van der Waals surface area contributed by atoms with Gasteiger partial charge in [0.2, 0.25) is 5.43 Å². The van der Waals surface area contributed by atoms with E-state index >= 15 is 0 Å². The Morgan fingerprint density at radius 2 is 2.10 bits per heavy atom. The first-order valence-corrected chi connectivity index (χ1v) is 10.8. The summed E-state index contributed by atoms with van der Waals surface area (Å²) in [5.41, 5.74) is -1.07. The number of oxime groups is 1. The molecule has 3 rings (SSSR count). The molecule has 3 heterocycles. The van der Waals surface area contributed by atoms with Gasteiger partial charge in [0.15, 0.2) is 18.1 Å². The van der Waals surface area contributed by atoms with Gasteiger partial charge in [-0.05, 0) is 18.4 Å². The Kier molecular flexibility index (Phi) is 6.01. The highest BCUT2D eigenvalue weighted by atomic mass is 32.2. The van der Waals surface area contributed by atoms with Gasteiger partial charge in [-0.1, -0.05) is 11.2 Å². The van der Waals surface area contributed by atoms with Gasteiger partial charge in [0.1, 0.15) is 11.7 Å². The lowest BCUT2D eigenvalue weighted by molar-refractivity contribution is -0.143. The van der Waals surface area contributed by atoms with Crippen molar-refractivity contribution >= 4 is 39.2 Å². The number of aromatic hydroxyl groups is 1. The molecule has 31 heavy (non-hydrogen) atoms. The van der Waals surface area contributed by atoms with E-state index in [0.717, 1.165) is 23.6 Å². The molecule has 0 saturated carbocycles. The first-order valence-electron chi connectivity index (χ1n) is 8.50. The second-order valence-corrected chi connectivity index (χ2v) is 8.59. The van der Waals surface area contributed by atoms with E-state index in [-0.39, 0.29) is 15.7 Å². The summed E-state index contributed by atoms with van der Waals surface area (Å²) in [5.74, 6) is -2.54. The van der Waals surface area contributed by atoms with Crippen LogP contribution in [0, 0.1) is 0 Å². The summed E-state index contributed by atoms with van der Waals surface area (Å²) >= 11 is 1.13. The molecule has 0 radical (unpaired) electrons. The number of amides is 2. The highest BCUT2D eigenvalue weighted by Gasteiger charge is 2.51. The summed E-state index contributed by atoms with van der Waals surface area (Å²) in [6, 6.07) is 1.86. The molecule has 2 aromatic rings. The third kappa shape index (κ3) is 4.52. The van der Waals surface area contributed by atoms with E-state index in [2.05, 4.69) is 10.5 Å². The number of β-lactam (4-membered cyclic amide) rings is 1. The maximum atomic E-state index is 12.7. The minimum Gasteiger partial charge on any atom is -0.503 e. The lowest BCUT2D eigenvalue weighted by Crippen LogP contribution is -2.71. The fraction of sp³-hybridized carbons (Fsp3) is 0.250. The third-order valence-corrected chi connectivity index (χ3v) is 6.18. The molecule has 0 unspecified atom stereocenters. The molecular formula is C16H16N4O9S2. The monoisotopic (exact) mass is 472 g/mol. The van der Waals surface area contributed by atoms with Gasteiger partial charge in [-0.15, -0.1) is 11.3 Å². The predicted octanol–water partition coefficient (Wildman–Crippen LogP) is -0.708. The van der Waals surface area contributed by atoms with Crippen LogP contribution >= 0.6 is 11.3 Å². The van der Waals surface area contributed by atoms with Crippen LogP contribution < -0.4 is 10.7 Å². The number of pyridine rings is 1. The predicted molar refractivity (Wildman–Crippen MR) is 105 cm³/mol. The van der Waals surface area contributed by atoms with Crippen LogP contribution in [0.5, 0.6) is 5.75 Å². The summed E-state index contributed by atoms with van der Waals surface area (Å²) in [5, 5.41) is 26.7. The number of carbonyl (C=O) groups is 2. The van der Waals surface area contributed by atoms with Gasteiger partial charge in [-0.25, -0.2) is 4.31 Å². The zero-order valence-electron chi connectivity index (χ0n) is 15.7. The van der Waals surface area contributed by atoms with E-state index in [1.54, 1.807) is 17.5 Å². The van der Waals surface area contributed by atoms with E-state index in [0.29, 0.717) is 9.61 Å². The second-order valence-electron chi connectivity index (χ2n) is 6.35. The summed E-state index contributed by atoms with van der Waals surface area (Å²) < 4.78 is 32.1. The van der Waals surface area contributed by atoms with Crippen molar-refractivity contribution in [3.05, 3.63) is 50.6 Å². The molecule has 166 valence electrons. The molecule has 1 aliphatic rings. The van der Waals surface area contributed by atoms with Gasteiger partial charge < -0.3 is 20.5 Å². The number of thiophene rings is 1. The number of carbonyl (C=O) groups excluding carboxylic acids is 2. The van der Waals surface area contributed by atoms with Crippen molar-refractivity contribution in [1.82, 2.24) is 14.4 Å². The molecule has 2 aromatic heterocycles. The first kappa shape index (κ1) is 22.3. The quantitative estimate of drug-likeness (QED) is 0.133. The fourth-order valence-electron chi connectivity index (χ4n) is 2.75. The SMILES string of the molecule is C[C@H]1[C@H](NC(=O)/C(=N/OCc2cc(=O)c(O)cn2O)c2cccs2)C(=O)N1S(=O)(=O)O. The Labute approximate surface area is 178 Å². The molecule has 0 aliphatic carbocycles. The molecule has 13 nitrogen and oxygen atoms in total. The number of aromatic nitrogens is 1. The van der Waals surface area contributed by atoms with E-state index in [9.17, 15) is 33.1 Å². The molecule has 2 atom stereocenters. The van der Waals surface area contributed by atoms with Gasteiger partial charge in [0.05, 0.1) is 17.1 Å². The maximum absolute atomic E-state index is 12.7. The highest BCUT2D eigenvalue weighted by molar-refractivity contribution is 7.84. The number of hydrogen-bond acceptors (Lipinski definition) is 10. The molecule has 0 bridgehead atoms. The maximum Gasteiger partial charge on any atom is 0.362 e. The van der Waals surface area contributed by atoms with Crippen molar-refractivity contribution < 1.29 is 37.7 Å². The van der Waals surface area contributed by atoms with Crippen molar-refractivity contribution in [1.29, 1.82) is 0 Å². The van der Waals surface area contributed by atoms with Crippen molar-refractivity contribution in [2.45, 2.75) is 25.6 Å². The van der Waals surface area contributed by atoms with Crippen LogP contribution in [-0.2, 0) is 31.3 Å². The van der Waals surface area contributed by atoms with Crippen LogP contribution in [0.2, 0.25) is 0 Å². The Hall–Kier alpha value is -3.43. The molecule has 1 saturated heterocycles. The van der Waals surface area contributed by atoms with Crippen LogP contribution in [0.1, 0.15) is 17.5 Å². The first-order chi connectivity index (χ1) is 14.5. The van der Waals surface area contributed by atoms with Gasteiger partial charge in [0, 0.05) is 6.07 Å². The van der Waals surface area contributed by atoms with Crippen molar-refractivity contribution in [3.63, 3.8) is 0 Å². The Morgan fingerprint density at radius 1 is 1.39 bits per heavy atom. The molecule has 1 fully saturated rings. The van der Waals surface area contributed by atoms with Crippen LogP contribution in [0.4, 0.5) is 0 Å². The zero-order chi connectivity index (χ0) is 22.9. The number of nitrogens with one attached hydrogen (secondary N) is 1. The average Bonchev–Trinajstić information content (AvgIpc) is 3.20. The van der Waals surface area contributed by atoms with E-state index in [4.69, 9.17) is 9.39 Å². The highest BCUT2D eigenvalue weighted by Crippen LogP contribution is 2.23. The van der Waals surface area contributed by atoms with Crippen LogP contribution in [0.3, 0.4) is 0 Å². The number of nitrogens with zero attached hydrogens (tertiary/aromatic N) is 3. The number of rotatable bonds is 7. The zero-order valence-corrected chi connectivity index (χ0v) is 17.3. The van der Waals surface area contributed by atoms with Gasteiger partial charge in [-0.3, -0.25) is 18.9 Å². The van der Waals surface area contributed by atoms with Crippen LogP contribution in [0.15, 0.2) is 39.7 Å². The van der Waals surface area contributed by atoms with Gasteiger partial charge >= 0.3 is 10.3 Å². The van der Waals surface area contributed by atoms with Crippen molar-refractivity contribution in [3.8, 4) is 5.75 Å². The summed E-state index contributed by atoms with van der Waals surface area (Å²) in [6.07, 6.45) is 0.766. The lowest BCUT2D eigenvalue weighted by Gasteiger charge is -2.42. The Bertz CT molecular complexity index is 1200. The molecule has 1 aliphatic heterocycles. The van der Waals surface area contributed by atoms with Crippen molar-refractivity contribution in [2.24, 2.45) is 5.16 Å². The second kappa shape index (κ2) is 8.37. The minimum absolute atomic E-state index is 0.0657. The molecule has 4 N–H and O–H groups in total. The normalized spacial score (nSPS) is 19.1. The Balaban J connectivity index is 1.76. The van der Waals surface area contributed by atoms with E-state index in [1.807, 2.05) is 0 Å². The lowest BCUT2D eigenvalue weighted by atomic mass is 10.0. The van der Waals surface area contributed by atoms with E-state index in [1.165, 1.54) is 6.92 Å². The molecular weight excluding hydrogens is 456 g/mol. The van der Waals surface area contributed by atoms with Crippen LogP contribution in [-0.4, -0.2) is 61.9 Å². The smallest absolute Gasteiger partial charge is 0.362 e. The molecule has 2 amide bonds. The van der Waals surface area contributed by atoms with Gasteiger partial charge in [0.25, 0.3) is 11.8 Å². The Morgan fingerprint density at radius 3 is 2.68 bits per heavy atom. The fourth-order valence-corrected chi connectivity index (χ4v) is 4.33. The largest absolute Gasteiger partial charge is 0.503 e. The van der Waals surface area contributed by atoms with E-state index < -0.39 is 52.0 Å². The average molecular weight is 472 g/mol. The molecule has 0 aromatic carbocycles. The van der Waals surface area contributed by atoms with Gasteiger partial charge in [-0.2, -0.15) is 13.1 Å². The minimum atomic E-state index is -4.74. The standard InChI is InChI=1S/C16H16N4O9S2/c1-8-13(16(24)20(8)31(26,27)28)17-15(23)14(12-3-2-4-30-12)18-29-7-9-5-10(21)11(22)6-19(9)25/h2-6,8,13,22,25H,7H2,1H3,(H,17,23)(H,26,27,28)/b18-14+/t8-,13-/m0/s1. The summed E-state index contributed by atoms with van der Waals surface area (Å²) in [7, 11) is -4.74. The summed E-state index contributed by atoms with van der Waals surface area (Å²) in [6.45, 7) is 0.882. The summed E-state index contributed by atoms with van der Waals surface area (Å²) in [4.78, 5) is 41.5. The van der Waals surface area contributed by atoms with Crippen molar-refractivity contribution in [2.75, 3.05) is 0 Å². The molecule has 0 spiro atoms. The third-order valence-electron chi connectivity index (χ3n) is 4.30. The van der Waals surface area contributed by atoms with Crippen LogP contribution in [0.25, 0.3) is 0 Å².